The molecule has 3 aromatic rings. The summed E-state index contributed by atoms with van der Waals surface area (Å²) in [6.07, 6.45) is 4.79. The molecule has 0 spiro atoms. The van der Waals surface area contributed by atoms with Gasteiger partial charge in [0.2, 0.25) is 11.7 Å². The highest BCUT2D eigenvalue weighted by Gasteiger charge is 2.22. The van der Waals surface area contributed by atoms with Crippen LogP contribution in [0, 0.1) is 10.1 Å². The lowest BCUT2D eigenvalue weighted by Crippen LogP contribution is -2.10. The number of oxazole rings is 1. The van der Waals surface area contributed by atoms with Gasteiger partial charge in [0.25, 0.3) is 5.69 Å². The number of anilines is 1. The molecule has 0 amide bonds. The minimum atomic E-state index is -0.534. The van der Waals surface area contributed by atoms with E-state index in [9.17, 15) is 14.9 Å². The third-order valence-corrected chi connectivity index (χ3v) is 4.20. The van der Waals surface area contributed by atoms with Crippen molar-refractivity contribution >= 4 is 17.2 Å². The molecule has 2 heterocycles. The lowest BCUT2D eigenvalue weighted by Gasteiger charge is -2.13. The van der Waals surface area contributed by atoms with Crippen LogP contribution in [0.15, 0.2) is 41.2 Å². The van der Waals surface area contributed by atoms with Gasteiger partial charge in [-0.2, -0.15) is 0 Å². The number of aryl methyl sites for hydroxylation is 1. The Labute approximate surface area is 161 Å². The fourth-order valence-electron chi connectivity index (χ4n) is 2.60. The van der Waals surface area contributed by atoms with Gasteiger partial charge >= 0.3 is 0 Å². The molecule has 0 fully saturated rings. The molecule has 0 unspecified atom stereocenters. The number of benzene rings is 1. The number of nitrogens with one attached hydrogen (secondary N) is 1. The fourth-order valence-corrected chi connectivity index (χ4v) is 2.60. The number of rotatable bonds is 6. The molecule has 0 atom stereocenters. The lowest BCUT2D eigenvalue weighted by atomic mass is 9.94. The lowest BCUT2D eigenvalue weighted by molar-refractivity contribution is -0.384. The maximum atomic E-state index is 12.5. The summed E-state index contributed by atoms with van der Waals surface area (Å²) < 4.78 is 7.25. The van der Waals surface area contributed by atoms with Crippen LogP contribution in [0.1, 0.15) is 48.6 Å². The van der Waals surface area contributed by atoms with E-state index in [1.807, 2.05) is 20.8 Å². The van der Waals surface area contributed by atoms with Crippen molar-refractivity contribution < 1.29 is 14.1 Å². The second kappa shape index (κ2) is 7.26. The first-order chi connectivity index (χ1) is 13.2. The summed E-state index contributed by atoms with van der Waals surface area (Å²) in [5.41, 5.74) is 0.0850. The molecule has 1 aromatic carbocycles. The van der Waals surface area contributed by atoms with E-state index in [4.69, 9.17) is 4.42 Å². The first kappa shape index (κ1) is 19.3. The number of nitro benzene ring substituents is 1. The van der Waals surface area contributed by atoms with E-state index >= 15 is 0 Å². The second-order valence-corrected chi connectivity index (χ2v) is 7.40. The predicted molar refractivity (Wildman–Crippen MR) is 102 cm³/mol. The quantitative estimate of drug-likeness (QED) is 0.393. The molecular weight excluding hydrogens is 362 g/mol. The Morgan fingerprint density at radius 2 is 2.07 bits per heavy atom. The highest BCUT2D eigenvalue weighted by Crippen LogP contribution is 2.28. The van der Waals surface area contributed by atoms with Gasteiger partial charge < -0.3 is 14.3 Å². The van der Waals surface area contributed by atoms with E-state index in [1.165, 1.54) is 24.4 Å². The molecular formula is C19H21N5O4. The smallest absolute Gasteiger partial charge is 0.293 e. The van der Waals surface area contributed by atoms with Gasteiger partial charge in [-0.15, -0.1) is 0 Å². The van der Waals surface area contributed by atoms with E-state index in [2.05, 4.69) is 15.3 Å². The number of nitrogens with zero attached hydrogens (tertiary/aromatic N) is 4. The zero-order chi connectivity index (χ0) is 20.5. The summed E-state index contributed by atoms with van der Waals surface area (Å²) in [5.74, 6) is 0.983. The maximum Gasteiger partial charge on any atom is 0.293 e. The van der Waals surface area contributed by atoms with E-state index in [1.54, 1.807) is 24.0 Å². The Balaban J connectivity index is 1.82. The van der Waals surface area contributed by atoms with E-state index in [-0.39, 0.29) is 40.5 Å². The average Bonchev–Trinajstić information content (AvgIpc) is 3.27. The van der Waals surface area contributed by atoms with Gasteiger partial charge in [0.15, 0.2) is 5.82 Å². The van der Waals surface area contributed by atoms with Crippen molar-refractivity contribution in [1.82, 2.24) is 14.5 Å². The van der Waals surface area contributed by atoms with Crippen LogP contribution in [0.2, 0.25) is 0 Å². The third kappa shape index (κ3) is 3.93. The van der Waals surface area contributed by atoms with Gasteiger partial charge in [0.05, 0.1) is 17.7 Å². The third-order valence-electron chi connectivity index (χ3n) is 4.20. The van der Waals surface area contributed by atoms with E-state index in [0.717, 1.165) is 5.76 Å². The Morgan fingerprint density at radius 3 is 2.64 bits per heavy atom. The molecule has 0 aliphatic rings. The number of carbonyl (C=O) groups excluding carboxylic acids is 1. The summed E-state index contributed by atoms with van der Waals surface area (Å²) in [7, 11) is 1.69. The molecule has 0 aliphatic carbocycles. The Kier molecular flexibility index (Phi) is 5.00. The average molecular weight is 383 g/mol. The highest BCUT2D eigenvalue weighted by molar-refractivity contribution is 6.07. The number of nitro groups is 1. The standard InChI is InChI=1S/C19H21N5O4/c1-19(2,3)15-10-22-16(28-15)11-21-13-6-5-12(9-14(13)24(26)27)17(25)18-20-7-8-23(18)4/h5-10,21H,11H2,1-4H3. The number of hydrogen-bond donors (Lipinski definition) is 1. The van der Waals surface area contributed by atoms with E-state index in [0.29, 0.717) is 5.89 Å². The number of aromatic nitrogens is 3. The number of imidazole rings is 1. The van der Waals surface area contributed by atoms with Crippen LogP contribution in [0.5, 0.6) is 0 Å². The van der Waals surface area contributed by atoms with Gasteiger partial charge in [0, 0.05) is 36.5 Å². The second-order valence-electron chi connectivity index (χ2n) is 7.40. The monoisotopic (exact) mass is 383 g/mol. The molecule has 9 nitrogen and oxygen atoms in total. The highest BCUT2D eigenvalue weighted by atomic mass is 16.6. The number of carbonyl (C=O) groups is 1. The van der Waals surface area contributed by atoms with Crippen molar-refractivity contribution in [3.8, 4) is 0 Å². The van der Waals surface area contributed by atoms with Crippen LogP contribution in [0.4, 0.5) is 11.4 Å². The number of ketones is 1. The van der Waals surface area contributed by atoms with Gasteiger partial charge in [0.1, 0.15) is 11.4 Å². The summed E-state index contributed by atoms with van der Waals surface area (Å²) in [4.78, 5) is 31.7. The molecule has 146 valence electrons. The Bertz CT molecular complexity index is 1030. The SMILES string of the molecule is Cn1ccnc1C(=O)c1ccc(NCc2ncc(C(C)(C)C)o2)c([N+](=O)[O-])c1. The van der Waals surface area contributed by atoms with Crippen molar-refractivity contribution in [1.29, 1.82) is 0 Å². The molecule has 2 aromatic heterocycles. The van der Waals surface area contributed by atoms with Gasteiger partial charge in [-0.25, -0.2) is 9.97 Å². The molecule has 9 heteroatoms. The number of hydrogen-bond acceptors (Lipinski definition) is 7. The van der Waals surface area contributed by atoms with E-state index < -0.39 is 4.92 Å². The molecule has 0 bridgehead atoms. The Hall–Kier alpha value is -3.49. The van der Waals surface area contributed by atoms with Crippen LogP contribution in [0.25, 0.3) is 0 Å². The van der Waals surface area contributed by atoms with Crippen molar-refractivity contribution in [3.05, 3.63) is 69.9 Å². The van der Waals surface area contributed by atoms with Gasteiger partial charge in [-0.1, -0.05) is 20.8 Å². The summed E-state index contributed by atoms with van der Waals surface area (Å²) in [6, 6.07) is 4.28. The van der Waals surface area contributed by atoms with Crippen molar-refractivity contribution in [3.63, 3.8) is 0 Å². The topological polar surface area (TPSA) is 116 Å². The summed E-state index contributed by atoms with van der Waals surface area (Å²) in [6.45, 7) is 6.20. The van der Waals surface area contributed by atoms with Crippen molar-refractivity contribution in [2.45, 2.75) is 32.7 Å². The minimum absolute atomic E-state index is 0.176. The van der Waals surface area contributed by atoms with Crippen LogP contribution < -0.4 is 5.32 Å². The van der Waals surface area contributed by atoms with Crippen molar-refractivity contribution in [2.75, 3.05) is 5.32 Å². The molecule has 0 aliphatic heterocycles. The first-order valence-electron chi connectivity index (χ1n) is 8.66. The fraction of sp³-hybridized carbons (Fsp3) is 0.316. The molecule has 0 saturated carbocycles. The summed E-state index contributed by atoms with van der Waals surface area (Å²) in [5, 5.41) is 14.4. The van der Waals surface area contributed by atoms with Gasteiger partial charge in [-0.3, -0.25) is 14.9 Å². The molecule has 28 heavy (non-hydrogen) atoms. The van der Waals surface area contributed by atoms with Crippen LogP contribution >= 0.6 is 0 Å². The van der Waals surface area contributed by atoms with Crippen LogP contribution in [-0.4, -0.2) is 25.2 Å². The predicted octanol–water partition coefficient (Wildman–Crippen LogP) is 3.46. The first-order valence-corrected chi connectivity index (χ1v) is 8.66. The van der Waals surface area contributed by atoms with Crippen LogP contribution in [0.3, 0.4) is 0 Å². The molecule has 3 rings (SSSR count). The zero-order valence-corrected chi connectivity index (χ0v) is 16.1. The summed E-state index contributed by atoms with van der Waals surface area (Å²) >= 11 is 0. The van der Waals surface area contributed by atoms with Gasteiger partial charge in [-0.05, 0) is 12.1 Å². The molecule has 0 radical (unpaired) electrons. The minimum Gasteiger partial charge on any atom is -0.443 e. The molecule has 1 N–H and O–H groups in total. The largest absolute Gasteiger partial charge is 0.443 e. The normalized spacial score (nSPS) is 11.4. The zero-order valence-electron chi connectivity index (χ0n) is 16.1. The van der Waals surface area contributed by atoms with Crippen LogP contribution in [-0.2, 0) is 19.0 Å². The maximum absolute atomic E-state index is 12.5. The Morgan fingerprint density at radius 1 is 1.32 bits per heavy atom. The molecule has 0 saturated heterocycles. The van der Waals surface area contributed by atoms with Crippen molar-refractivity contribution in [2.24, 2.45) is 7.05 Å².